The zero-order valence-electron chi connectivity index (χ0n) is 34.4. The number of rotatable bonds is 6. The summed E-state index contributed by atoms with van der Waals surface area (Å²) in [6.07, 6.45) is 0. The van der Waals surface area contributed by atoms with Crippen molar-refractivity contribution in [3.63, 3.8) is 0 Å². The summed E-state index contributed by atoms with van der Waals surface area (Å²) >= 11 is 0. The molecule has 54 heavy (non-hydrogen) atoms. The first-order valence-corrected chi connectivity index (χ1v) is 19.4. The SMILES string of the molecule is Cc1ccc(-c2c(-c3ccc(C)c(C)c3)c(-c3ccc(C)c(C)c3)c(-c3ccc(C)c(C)c3)c(-c3ccc(C)c(C)c3)c2-c2ccc(C)c(C)c2)cc1C. The first kappa shape index (κ1) is 36.9. The van der Waals surface area contributed by atoms with E-state index in [1.54, 1.807) is 0 Å². The highest BCUT2D eigenvalue weighted by Crippen LogP contribution is 2.56. The molecule has 0 fully saturated rings. The second kappa shape index (κ2) is 14.4. The Bertz CT molecular complexity index is 2120. The lowest BCUT2D eigenvalue weighted by molar-refractivity contribution is 1.32. The first-order chi connectivity index (χ1) is 25.7. The van der Waals surface area contributed by atoms with Crippen LogP contribution in [0.4, 0.5) is 0 Å². The van der Waals surface area contributed by atoms with Gasteiger partial charge in [-0.15, -0.1) is 0 Å². The zero-order valence-corrected chi connectivity index (χ0v) is 34.4. The summed E-state index contributed by atoms with van der Waals surface area (Å²) in [5.74, 6) is 0. The summed E-state index contributed by atoms with van der Waals surface area (Å²) in [4.78, 5) is 0. The summed E-state index contributed by atoms with van der Waals surface area (Å²) in [6, 6.07) is 42.5. The lowest BCUT2D eigenvalue weighted by Crippen LogP contribution is -2.04. The minimum absolute atomic E-state index is 1.24. The molecule has 0 atom stereocenters. The van der Waals surface area contributed by atoms with Gasteiger partial charge in [-0.25, -0.2) is 0 Å². The van der Waals surface area contributed by atoms with E-state index >= 15 is 0 Å². The maximum absolute atomic E-state index is 2.42. The number of hydrogen-bond donors (Lipinski definition) is 0. The molecule has 0 aliphatic carbocycles. The van der Waals surface area contributed by atoms with Gasteiger partial charge in [-0.05, 0) is 217 Å². The van der Waals surface area contributed by atoms with Crippen LogP contribution >= 0.6 is 0 Å². The molecule has 0 radical (unpaired) electrons. The highest BCUT2D eigenvalue weighted by atomic mass is 14.3. The van der Waals surface area contributed by atoms with Crippen molar-refractivity contribution >= 4 is 0 Å². The minimum atomic E-state index is 1.24. The molecule has 0 aliphatic heterocycles. The number of hydrogen-bond acceptors (Lipinski definition) is 0. The van der Waals surface area contributed by atoms with Crippen molar-refractivity contribution in [1.29, 1.82) is 0 Å². The summed E-state index contributed by atoms with van der Waals surface area (Å²) < 4.78 is 0. The third-order valence-corrected chi connectivity index (χ3v) is 12.3. The monoisotopic (exact) mass is 702 g/mol. The predicted molar refractivity (Wildman–Crippen MR) is 236 cm³/mol. The molecule has 7 aromatic carbocycles. The van der Waals surface area contributed by atoms with Crippen LogP contribution in [-0.2, 0) is 0 Å². The highest BCUT2D eigenvalue weighted by Gasteiger charge is 2.30. The van der Waals surface area contributed by atoms with Crippen molar-refractivity contribution in [3.8, 4) is 66.8 Å². The van der Waals surface area contributed by atoms with E-state index in [1.807, 2.05) is 0 Å². The van der Waals surface area contributed by atoms with Crippen molar-refractivity contribution in [3.05, 3.63) is 176 Å². The van der Waals surface area contributed by atoms with Crippen molar-refractivity contribution in [2.75, 3.05) is 0 Å². The fourth-order valence-electron chi connectivity index (χ4n) is 7.86. The Morgan fingerprint density at radius 1 is 0.167 bits per heavy atom. The molecule has 0 N–H and O–H groups in total. The topological polar surface area (TPSA) is 0 Å². The molecule has 0 saturated heterocycles. The van der Waals surface area contributed by atoms with E-state index in [4.69, 9.17) is 0 Å². The lowest BCUT2D eigenvalue weighted by atomic mass is 9.73. The van der Waals surface area contributed by atoms with Crippen LogP contribution in [0.5, 0.6) is 0 Å². The van der Waals surface area contributed by atoms with Gasteiger partial charge in [0.2, 0.25) is 0 Å². The van der Waals surface area contributed by atoms with Gasteiger partial charge < -0.3 is 0 Å². The molecule has 7 rings (SSSR count). The van der Waals surface area contributed by atoms with Gasteiger partial charge in [-0.3, -0.25) is 0 Å². The van der Waals surface area contributed by atoms with Gasteiger partial charge >= 0.3 is 0 Å². The van der Waals surface area contributed by atoms with E-state index in [1.165, 1.54) is 134 Å². The molecule has 0 amide bonds. The summed E-state index contributed by atoms with van der Waals surface area (Å²) in [5, 5.41) is 0. The van der Waals surface area contributed by atoms with Gasteiger partial charge in [-0.1, -0.05) is 109 Å². The van der Waals surface area contributed by atoms with Gasteiger partial charge in [0, 0.05) is 0 Å². The molecule has 0 unspecified atom stereocenters. The summed E-state index contributed by atoms with van der Waals surface area (Å²) in [5.41, 5.74) is 30.7. The van der Waals surface area contributed by atoms with E-state index < -0.39 is 0 Å². The van der Waals surface area contributed by atoms with Crippen LogP contribution in [0, 0.1) is 83.1 Å². The molecule has 270 valence electrons. The van der Waals surface area contributed by atoms with Crippen molar-refractivity contribution in [1.82, 2.24) is 0 Å². The molecule has 0 aliphatic rings. The van der Waals surface area contributed by atoms with Gasteiger partial charge in [-0.2, -0.15) is 0 Å². The third kappa shape index (κ3) is 6.64. The van der Waals surface area contributed by atoms with Crippen LogP contribution in [0.15, 0.2) is 109 Å². The number of aryl methyl sites for hydroxylation is 12. The molecular weight excluding hydrogens is 649 g/mol. The third-order valence-electron chi connectivity index (χ3n) is 12.3. The van der Waals surface area contributed by atoms with Crippen LogP contribution in [0.1, 0.15) is 66.8 Å². The van der Waals surface area contributed by atoms with E-state index in [9.17, 15) is 0 Å². The van der Waals surface area contributed by atoms with Gasteiger partial charge in [0.25, 0.3) is 0 Å². The quantitative estimate of drug-likeness (QED) is 0.162. The predicted octanol–water partition coefficient (Wildman–Crippen LogP) is 15.4. The maximum atomic E-state index is 2.42. The summed E-state index contributed by atoms with van der Waals surface area (Å²) in [7, 11) is 0. The first-order valence-electron chi connectivity index (χ1n) is 19.4. The molecule has 0 heterocycles. The Morgan fingerprint density at radius 3 is 0.407 bits per heavy atom. The molecule has 0 aromatic heterocycles. The average Bonchev–Trinajstić information content (AvgIpc) is 3.14. The van der Waals surface area contributed by atoms with E-state index in [2.05, 4.69) is 192 Å². The largest absolute Gasteiger partial charge is 0.0584 e. The Kier molecular flexibility index (Phi) is 9.84. The zero-order chi connectivity index (χ0) is 38.6. The second-order valence-electron chi connectivity index (χ2n) is 16.0. The fraction of sp³-hybridized carbons (Fsp3) is 0.222. The molecular formula is C54H54. The fourth-order valence-corrected chi connectivity index (χ4v) is 7.86. The summed E-state index contributed by atoms with van der Waals surface area (Å²) in [6.45, 7) is 26.8. The average molecular weight is 703 g/mol. The smallest absolute Gasteiger partial charge is 0.00138 e. The van der Waals surface area contributed by atoms with Crippen LogP contribution < -0.4 is 0 Å². The van der Waals surface area contributed by atoms with E-state index in [0.717, 1.165) is 0 Å². The molecule has 0 spiro atoms. The Balaban J connectivity index is 1.88. The number of benzene rings is 7. The Morgan fingerprint density at radius 2 is 0.296 bits per heavy atom. The van der Waals surface area contributed by atoms with Gasteiger partial charge in [0.15, 0.2) is 0 Å². The van der Waals surface area contributed by atoms with Crippen molar-refractivity contribution < 1.29 is 0 Å². The highest BCUT2D eigenvalue weighted by molar-refractivity contribution is 6.15. The maximum Gasteiger partial charge on any atom is -0.00138 e. The van der Waals surface area contributed by atoms with E-state index in [-0.39, 0.29) is 0 Å². The molecule has 0 bridgehead atoms. The van der Waals surface area contributed by atoms with Crippen LogP contribution in [0.25, 0.3) is 66.8 Å². The minimum Gasteiger partial charge on any atom is -0.0584 e. The van der Waals surface area contributed by atoms with Crippen LogP contribution in [0.3, 0.4) is 0 Å². The molecule has 0 nitrogen and oxygen atoms in total. The molecule has 7 aromatic rings. The van der Waals surface area contributed by atoms with Crippen molar-refractivity contribution in [2.45, 2.75) is 83.1 Å². The Hall–Kier alpha value is -5.46. The second-order valence-corrected chi connectivity index (χ2v) is 16.0. The Labute approximate surface area is 324 Å². The van der Waals surface area contributed by atoms with Crippen LogP contribution in [-0.4, -0.2) is 0 Å². The van der Waals surface area contributed by atoms with E-state index in [0.29, 0.717) is 0 Å². The molecule has 0 heteroatoms. The van der Waals surface area contributed by atoms with Crippen molar-refractivity contribution in [2.24, 2.45) is 0 Å². The van der Waals surface area contributed by atoms with Crippen LogP contribution in [0.2, 0.25) is 0 Å². The standard InChI is InChI=1S/C54H54/c1-31-13-19-43(25-37(31)7)49-50(44-20-14-32(2)38(8)26-44)52(46-22-16-34(4)40(10)28-46)54(48-24-18-36(6)42(12)30-48)53(47-23-17-35(5)41(11)29-47)51(49)45-21-15-33(3)39(9)27-45/h13-30H,1-12H3. The molecule has 0 saturated carbocycles. The normalized spacial score (nSPS) is 11.3. The van der Waals surface area contributed by atoms with Gasteiger partial charge in [0.05, 0.1) is 0 Å². The lowest BCUT2D eigenvalue weighted by Gasteiger charge is -2.30. The van der Waals surface area contributed by atoms with Gasteiger partial charge in [0.1, 0.15) is 0 Å².